The van der Waals surface area contributed by atoms with E-state index in [1.54, 1.807) is 0 Å². The normalized spacial score (nSPS) is 12.6. The van der Waals surface area contributed by atoms with Crippen molar-refractivity contribution in [1.82, 2.24) is 4.31 Å². The molecule has 0 amide bonds. The van der Waals surface area contributed by atoms with Crippen LogP contribution in [-0.4, -0.2) is 19.8 Å². The third kappa shape index (κ3) is 4.03. The maximum atomic E-state index is 13.1. The van der Waals surface area contributed by atoms with Crippen molar-refractivity contribution in [2.45, 2.75) is 17.6 Å². The minimum Gasteiger partial charge on any atom is -0.207 e. The van der Waals surface area contributed by atoms with Crippen LogP contribution in [-0.2, 0) is 22.7 Å². The monoisotopic (exact) mass is 397 g/mol. The molecule has 2 aromatic rings. The summed E-state index contributed by atoms with van der Waals surface area (Å²) >= 11 is 11.8. The highest BCUT2D eigenvalue weighted by Gasteiger charge is 2.38. The van der Waals surface area contributed by atoms with Crippen LogP contribution in [0, 0.1) is 0 Å². The number of nitrogens with zero attached hydrogens (tertiary/aromatic N) is 1. The summed E-state index contributed by atoms with van der Waals surface area (Å²) in [6.07, 6.45) is -4.78. The van der Waals surface area contributed by atoms with E-state index in [-0.39, 0.29) is 11.6 Å². The average molecular weight is 398 g/mol. The first-order chi connectivity index (χ1) is 11.0. The fraction of sp³-hybridized carbons (Fsp3) is 0.200. The van der Waals surface area contributed by atoms with Gasteiger partial charge in [-0.15, -0.1) is 0 Å². The first-order valence-corrected chi connectivity index (χ1v) is 8.79. The molecule has 130 valence electrons. The lowest BCUT2D eigenvalue weighted by atomic mass is 10.2. The smallest absolute Gasteiger partial charge is 0.207 e. The number of hydrogen-bond donors (Lipinski definition) is 0. The van der Waals surface area contributed by atoms with E-state index < -0.39 is 26.7 Å². The summed E-state index contributed by atoms with van der Waals surface area (Å²) in [5, 5.41) is 0.602. The van der Waals surface area contributed by atoms with Gasteiger partial charge < -0.3 is 0 Å². The molecule has 0 fully saturated rings. The molecule has 0 atom stereocenters. The van der Waals surface area contributed by atoms with Crippen LogP contribution in [0.2, 0.25) is 10.0 Å². The minimum atomic E-state index is -4.78. The van der Waals surface area contributed by atoms with Crippen LogP contribution in [0.1, 0.15) is 11.1 Å². The average Bonchev–Trinajstić information content (AvgIpc) is 2.49. The zero-order valence-corrected chi connectivity index (χ0v) is 14.6. The number of alkyl halides is 3. The lowest BCUT2D eigenvalue weighted by molar-refractivity contribution is -0.139. The molecule has 0 bridgehead atoms. The highest BCUT2D eigenvalue weighted by Crippen LogP contribution is 2.35. The molecule has 0 heterocycles. The molecule has 24 heavy (non-hydrogen) atoms. The van der Waals surface area contributed by atoms with Gasteiger partial charge in [-0.3, -0.25) is 0 Å². The van der Waals surface area contributed by atoms with Crippen LogP contribution in [0.4, 0.5) is 13.2 Å². The molecule has 2 aromatic carbocycles. The molecule has 0 aromatic heterocycles. The van der Waals surface area contributed by atoms with Crippen LogP contribution < -0.4 is 0 Å². The summed E-state index contributed by atoms with van der Waals surface area (Å²) in [6.45, 7) is -0.190. The van der Waals surface area contributed by atoms with Crippen molar-refractivity contribution in [3.63, 3.8) is 0 Å². The number of rotatable bonds is 4. The first-order valence-electron chi connectivity index (χ1n) is 6.60. The third-order valence-electron chi connectivity index (χ3n) is 3.29. The van der Waals surface area contributed by atoms with Crippen molar-refractivity contribution >= 4 is 33.2 Å². The number of benzene rings is 2. The zero-order valence-electron chi connectivity index (χ0n) is 12.3. The Kier molecular flexibility index (Phi) is 5.49. The minimum absolute atomic E-state index is 0.190. The lowest BCUT2D eigenvalue weighted by Crippen LogP contribution is -2.28. The Morgan fingerprint density at radius 2 is 1.71 bits per heavy atom. The van der Waals surface area contributed by atoms with Crippen LogP contribution in [0.15, 0.2) is 47.4 Å². The Bertz CT molecular complexity index is 854. The van der Waals surface area contributed by atoms with Crippen LogP contribution in [0.25, 0.3) is 0 Å². The predicted octanol–water partition coefficient (Wildman–Crippen LogP) is 4.83. The van der Waals surface area contributed by atoms with Crippen molar-refractivity contribution in [2.75, 3.05) is 7.05 Å². The lowest BCUT2D eigenvalue weighted by Gasteiger charge is -2.20. The molecular formula is C15H12Cl2F3NO2S. The van der Waals surface area contributed by atoms with E-state index in [1.807, 2.05) is 0 Å². The molecule has 0 radical (unpaired) electrons. The maximum Gasteiger partial charge on any atom is 0.417 e. The van der Waals surface area contributed by atoms with Crippen molar-refractivity contribution in [1.29, 1.82) is 0 Å². The van der Waals surface area contributed by atoms with Crippen molar-refractivity contribution in [3.8, 4) is 0 Å². The Hall–Kier alpha value is -1.28. The fourth-order valence-corrected chi connectivity index (χ4v) is 3.89. The second-order valence-corrected chi connectivity index (χ2v) is 7.85. The topological polar surface area (TPSA) is 37.4 Å². The second-order valence-electron chi connectivity index (χ2n) is 4.99. The molecule has 0 saturated heterocycles. The second kappa shape index (κ2) is 6.92. The van der Waals surface area contributed by atoms with E-state index in [4.69, 9.17) is 23.2 Å². The molecule has 3 nitrogen and oxygen atoms in total. The van der Waals surface area contributed by atoms with E-state index in [2.05, 4.69) is 0 Å². The summed E-state index contributed by atoms with van der Waals surface area (Å²) < 4.78 is 65.1. The molecule has 0 N–H and O–H groups in total. The Morgan fingerprint density at radius 1 is 1.08 bits per heavy atom. The molecule has 0 aliphatic rings. The Morgan fingerprint density at radius 3 is 2.29 bits per heavy atom. The highest BCUT2D eigenvalue weighted by atomic mass is 35.5. The van der Waals surface area contributed by atoms with Gasteiger partial charge in [0.05, 0.1) is 10.5 Å². The number of sulfonamides is 1. The molecular weight excluding hydrogens is 386 g/mol. The van der Waals surface area contributed by atoms with Crippen LogP contribution in [0.5, 0.6) is 0 Å². The van der Waals surface area contributed by atoms with Crippen LogP contribution in [0.3, 0.4) is 0 Å². The Labute approximate surface area is 147 Å². The zero-order chi connectivity index (χ0) is 18.1. The van der Waals surface area contributed by atoms with Gasteiger partial charge in [-0.05, 0) is 29.8 Å². The molecule has 0 aliphatic heterocycles. The number of hydrogen-bond acceptors (Lipinski definition) is 2. The summed E-state index contributed by atoms with van der Waals surface area (Å²) in [7, 11) is -3.17. The van der Waals surface area contributed by atoms with Gasteiger partial charge in [0.1, 0.15) is 0 Å². The van der Waals surface area contributed by atoms with Gasteiger partial charge in [0.25, 0.3) is 0 Å². The van der Waals surface area contributed by atoms with Crippen molar-refractivity contribution in [2.24, 2.45) is 0 Å². The van der Waals surface area contributed by atoms with E-state index in [1.165, 1.54) is 31.3 Å². The van der Waals surface area contributed by atoms with Gasteiger partial charge in [-0.1, -0.05) is 41.4 Å². The van der Waals surface area contributed by atoms with Gasteiger partial charge in [0, 0.05) is 23.6 Å². The largest absolute Gasteiger partial charge is 0.417 e. The van der Waals surface area contributed by atoms with Gasteiger partial charge in [0.2, 0.25) is 10.0 Å². The molecule has 0 spiro atoms. The van der Waals surface area contributed by atoms with E-state index in [9.17, 15) is 21.6 Å². The fourth-order valence-electron chi connectivity index (χ4n) is 2.07. The molecule has 0 aliphatic carbocycles. The molecule has 0 saturated carbocycles. The standard InChI is InChI=1S/C15H12Cl2F3NO2S/c1-21(9-10-6-7-11(16)8-13(10)17)24(22,23)14-5-3-2-4-12(14)15(18,19)20/h2-8H,9H2,1H3. The maximum absolute atomic E-state index is 13.1. The van der Waals surface area contributed by atoms with Gasteiger partial charge in [-0.25, -0.2) is 8.42 Å². The number of halogens is 5. The quantitative estimate of drug-likeness (QED) is 0.740. The van der Waals surface area contributed by atoms with Crippen LogP contribution >= 0.6 is 23.2 Å². The first kappa shape index (κ1) is 19.1. The molecule has 9 heteroatoms. The van der Waals surface area contributed by atoms with Gasteiger partial charge >= 0.3 is 6.18 Å². The van der Waals surface area contributed by atoms with E-state index in [0.29, 0.717) is 10.6 Å². The van der Waals surface area contributed by atoms with Crippen molar-refractivity contribution in [3.05, 3.63) is 63.6 Å². The molecule has 0 unspecified atom stereocenters. The van der Waals surface area contributed by atoms with E-state index >= 15 is 0 Å². The highest BCUT2D eigenvalue weighted by molar-refractivity contribution is 7.89. The summed E-state index contributed by atoms with van der Waals surface area (Å²) in [6, 6.07) is 8.51. The van der Waals surface area contributed by atoms with Gasteiger partial charge in [-0.2, -0.15) is 17.5 Å². The van der Waals surface area contributed by atoms with Gasteiger partial charge in [0.15, 0.2) is 0 Å². The Balaban J connectivity index is 2.41. The molecule has 2 rings (SSSR count). The third-order valence-corrected chi connectivity index (χ3v) is 5.74. The predicted molar refractivity (Wildman–Crippen MR) is 86.6 cm³/mol. The SMILES string of the molecule is CN(Cc1ccc(Cl)cc1Cl)S(=O)(=O)c1ccccc1C(F)(F)F. The summed E-state index contributed by atoms with van der Waals surface area (Å²) in [5.74, 6) is 0. The van der Waals surface area contributed by atoms with E-state index in [0.717, 1.165) is 22.5 Å². The van der Waals surface area contributed by atoms with Crippen molar-refractivity contribution < 1.29 is 21.6 Å². The summed E-state index contributed by atoms with van der Waals surface area (Å²) in [4.78, 5) is -0.801. The summed E-state index contributed by atoms with van der Waals surface area (Å²) in [5.41, 5.74) is -0.782.